The van der Waals surface area contributed by atoms with Gasteiger partial charge in [-0.2, -0.15) is 0 Å². The number of ether oxygens (including phenoxy) is 1. The summed E-state index contributed by atoms with van der Waals surface area (Å²) in [5, 5.41) is 0. The fourth-order valence-electron chi connectivity index (χ4n) is 1.06. The molecule has 0 saturated heterocycles. The number of carbonyl (C=O) groups excluding carboxylic acids is 1. The molecule has 0 radical (unpaired) electrons. The van der Waals surface area contributed by atoms with Gasteiger partial charge in [-0.15, -0.1) is 0 Å². The predicted molar refractivity (Wildman–Crippen MR) is 57.9 cm³/mol. The number of carbonyl (C=O) groups is 1. The molecular formula is C11H21NO2. The van der Waals surface area contributed by atoms with Crippen molar-refractivity contribution < 1.29 is 9.53 Å². The van der Waals surface area contributed by atoms with E-state index < -0.39 is 0 Å². The molecular weight excluding hydrogens is 178 g/mol. The fraction of sp³-hybridized carbons (Fsp3) is 0.727. The summed E-state index contributed by atoms with van der Waals surface area (Å²) in [5.41, 5.74) is 5.83. The van der Waals surface area contributed by atoms with Gasteiger partial charge in [0.1, 0.15) is 0 Å². The Morgan fingerprint density at radius 3 is 2.36 bits per heavy atom. The summed E-state index contributed by atoms with van der Waals surface area (Å²) < 4.78 is 4.95. The summed E-state index contributed by atoms with van der Waals surface area (Å²) in [7, 11) is 0. The first kappa shape index (κ1) is 13.2. The highest BCUT2D eigenvalue weighted by atomic mass is 16.5. The molecule has 14 heavy (non-hydrogen) atoms. The molecule has 0 atom stereocenters. The molecule has 3 nitrogen and oxygen atoms in total. The first-order chi connectivity index (χ1) is 6.68. The van der Waals surface area contributed by atoms with Crippen LogP contribution in [-0.4, -0.2) is 19.1 Å². The second-order valence-electron chi connectivity index (χ2n) is 3.47. The van der Waals surface area contributed by atoms with Crippen LogP contribution in [0.2, 0.25) is 0 Å². The average Bonchev–Trinajstić information content (AvgIpc) is 2.16. The van der Waals surface area contributed by atoms with Crippen LogP contribution in [0.15, 0.2) is 12.2 Å². The van der Waals surface area contributed by atoms with Crippen molar-refractivity contribution in [2.45, 2.75) is 39.0 Å². The molecule has 0 aromatic heterocycles. The van der Waals surface area contributed by atoms with Crippen molar-refractivity contribution in [3.63, 3.8) is 0 Å². The Balaban J connectivity index is 3.13. The minimum absolute atomic E-state index is 0.285. The maximum absolute atomic E-state index is 10.9. The number of esters is 1. The Morgan fingerprint density at radius 2 is 1.79 bits per heavy atom. The van der Waals surface area contributed by atoms with E-state index in [0.29, 0.717) is 12.2 Å². The second kappa shape index (κ2) is 8.75. The van der Waals surface area contributed by atoms with Crippen LogP contribution >= 0.6 is 0 Å². The van der Waals surface area contributed by atoms with E-state index in [1.165, 1.54) is 12.8 Å². The van der Waals surface area contributed by atoms with Gasteiger partial charge >= 0.3 is 5.97 Å². The Hall–Kier alpha value is -0.830. The van der Waals surface area contributed by atoms with Gasteiger partial charge in [0.05, 0.1) is 6.61 Å². The number of hydrogen-bond donors (Lipinski definition) is 1. The Morgan fingerprint density at radius 1 is 1.21 bits per heavy atom. The first-order valence-electron chi connectivity index (χ1n) is 5.21. The van der Waals surface area contributed by atoms with Gasteiger partial charge < -0.3 is 10.5 Å². The number of unbranched alkanes of at least 4 members (excludes halogenated alkanes) is 4. The summed E-state index contributed by atoms with van der Waals surface area (Å²) in [5.74, 6) is -0.285. The minimum Gasteiger partial charge on any atom is -0.462 e. The lowest BCUT2D eigenvalue weighted by molar-refractivity contribution is -0.139. The van der Waals surface area contributed by atoms with Gasteiger partial charge in [-0.05, 0) is 26.3 Å². The monoisotopic (exact) mass is 199 g/mol. The molecule has 2 N–H and O–H groups in total. The summed E-state index contributed by atoms with van der Waals surface area (Å²) in [6.45, 7) is 6.44. The standard InChI is InChI=1S/C11H21NO2/c1-10(2)11(13)14-9-7-5-3-4-6-8-12/h1,3-9,12H2,2H3. The van der Waals surface area contributed by atoms with Crippen molar-refractivity contribution >= 4 is 5.97 Å². The number of rotatable bonds is 8. The Labute approximate surface area is 86.3 Å². The highest BCUT2D eigenvalue weighted by Crippen LogP contribution is 2.03. The van der Waals surface area contributed by atoms with Crippen LogP contribution in [0.25, 0.3) is 0 Å². The zero-order valence-corrected chi connectivity index (χ0v) is 9.05. The third-order valence-electron chi connectivity index (χ3n) is 1.93. The molecule has 0 unspecified atom stereocenters. The van der Waals surface area contributed by atoms with Crippen LogP contribution in [-0.2, 0) is 9.53 Å². The highest BCUT2D eigenvalue weighted by molar-refractivity contribution is 5.86. The quantitative estimate of drug-likeness (QED) is 0.369. The molecule has 0 amide bonds. The maximum Gasteiger partial charge on any atom is 0.333 e. The largest absolute Gasteiger partial charge is 0.462 e. The molecule has 0 aromatic rings. The van der Waals surface area contributed by atoms with Gasteiger partial charge in [-0.3, -0.25) is 0 Å². The second-order valence-corrected chi connectivity index (χ2v) is 3.47. The molecule has 0 bridgehead atoms. The van der Waals surface area contributed by atoms with Gasteiger partial charge in [0.15, 0.2) is 0 Å². The van der Waals surface area contributed by atoms with Crippen molar-refractivity contribution in [2.24, 2.45) is 5.73 Å². The van der Waals surface area contributed by atoms with E-state index in [1.807, 2.05) is 0 Å². The molecule has 0 spiro atoms. The molecule has 82 valence electrons. The maximum atomic E-state index is 10.9. The Bertz CT molecular complexity index is 178. The van der Waals surface area contributed by atoms with Crippen molar-refractivity contribution in [1.82, 2.24) is 0 Å². The van der Waals surface area contributed by atoms with Gasteiger partial charge in [0.2, 0.25) is 0 Å². The Kier molecular flexibility index (Phi) is 8.24. The van der Waals surface area contributed by atoms with Crippen molar-refractivity contribution in [1.29, 1.82) is 0 Å². The normalized spacial score (nSPS) is 9.86. The van der Waals surface area contributed by atoms with Crippen LogP contribution < -0.4 is 5.73 Å². The molecule has 0 rings (SSSR count). The third kappa shape index (κ3) is 7.80. The van der Waals surface area contributed by atoms with Gasteiger partial charge in [0, 0.05) is 5.57 Å². The van der Waals surface area contributed by atoms with Crippen molar-refractivity contribution in [3.05, 3.63) is 12.2 Å². The lowest BCUT2D eigenvalue weighted by atomic mass is 10.1. The van der Waals surface area contributed by atoms with Crippen LogP contribution in [0.5, 0.6) is 0 Å². The van der Waals surface area contributed by atoms with E-state index in [1.54, 1.807) is 6.92 Å². The molecule has 0 aliphatic heterocycles. The van der Waals surface area contributed by atoms with Gasteiger partial charge in [0.25, 0.3) is 0 Å². The summed E-state index contributed by atoms with van der Waals surface area (Å²) in [6.07, 6.45) is 5.46. The smallest absolute Gasteiger partial charge is 0.333 e. The number of hydrogen-bond acceptors (Lipinski definition) is 3. The molecule has 0 aliphatic rings. The van der Waals surface area contributed by atoms with E-state index in [0.717, 1.165) is 25.8 Å². The lowest BCUT2D eigenvalue weighted by Gasteiger charge is -2.03. The predicted octanol–water partition coefficient (Wildman–Crippen LogP) is 2.01. The summed E-state index contributed by atoms with van der Waals surface area (Å²) in [4.78, 5) is 10.9. The molecule has 3 heteroatoms. The molecule has 0 aromatic carbocycles. The minimum atomic E-state index is -0.285. The van der Waals surface area contributed by atoms with Crippen molar-refractivity contribution in [3.8, 4) is 0 Å². The summed E-state index contributed by atoms with van der Waals surface area (Å²) >= 11 is 0. The first-order valence-corrected chi connectivity index (χ1v) is 5.21. The average molecular weight is 199 g/mol. The van der Waals surface area contributed by atoms with Crippen LogP contribution in [0, 0.1) is 0 Å². The summed E-state index contributed by atoms with van der Waals surface area (Å²) in [6, 6.07) is 0. The SMILES string of the molecule is C=C(C)C(=O)OCCCCCCCN. The molecule has 0 aliphatic carbocycles. The van der Waals surface area contributed by atoms with E-state index in [4.69, 9.17) is 10.5 Å². The van der Waals surface area contributed by atoms with Gasteiger partial charge in [-0.25, -0.2) is 4.79 Å². The van der Waals surface area contributed by atoms with E-state index in [2.05, 4.69) is 6.58 Å². The van der Waals surface area contributed by atoms with Crippen LogP contribution in [0.3, 0.4) is 0 Å². The molecule has 0 heterocycles. The molecule has 0 saturated carbocycles. The highest BCUT2D eigenvalue weighted by Gasteiger charge is 2.01. The lowest BCUT2D eigenvalue weighted by Crippen LogP contribution is -2.06. The third-order valence-corrected chi connectivity index (χ3v) is 1.93. The van der Waals surface area contributed by atoms with E-state index in [9.17, 15) is 4.79 Å². The number of nitrogens with two attached hydrogens (primary N) is 1. The zero-order valence-electron chi connectivity index (χ0n) is 9.05. The zero-order chi connectivity index (χ0) is 10.8. The topological polar surface area (TPSA) is 52.3 Å². The van der Waals surface area contributed by atoms with Crippen LogP contribution in [0.4, 0.5) is 0 Å². The van der Waals surface area contributed by atoms with E-state index >= 15 is 0 Å². The van der Waals surface area contributed by atoms with Crippen molar-refractivity contribution in [2.75, 3.05) is 13.2 Å². The van der Waals surface area contributed by atoms with E-state index in [-0.39, 0.29) is 5.97 Å². The molecule has 0 fully saturated rings. The van der Waals surface area contributed by atoms with Crippen LogP contribution in [0.1, 0.15) is 39.0 Å². The van der Waals surface area contributed by atoms with Gasteiger partial charge in [-0.1, -0.05) is 25.8 Å². The fourth-order valence-corrected chi connectivity index (χ4v) is 1.06.